The largest absolute Gasteiger partial charge is 0.293 e. The van der Waals surface area contributed by atoms with Crippen LogP contribution in [0.4, 0.5) is 0 Å². The molecule has 3 aromatic heterocycles. The van der Waals surface area contributed by atoms with Gasteiger partial charge in [0.05, 0.1) is 16.8 Å². The number of nitrogens with zero attached hydrogens (tertiary/aromatic N) is 3. The van der Waals surface area contributed by atoms with Crippen molar-refractivity contribution in [3.8, 4) is 5.95 Å². The molecule has 0 unspecified atom stereocenters. The maximum atomic E-state index is 12.5. The lowest BCUT2D eigenvalue weighted by molar-refractivity contribution is 0.0995. The number of aromatic nitrogens is 3. The summed E-state index contributed by atoms with van der Waals surface area (Å²) in [6.45, 7) is 0. The van der Waals surface area contributed by atoms with Crippen LogP contribution in [-0.2, 0) is 6.42 Å². The Morgan fingerprint density at radius 1 is 1.04 bits per heavy atom. The van der Waals surface area contributed by atoms with E-state index in [9.17, 15) is 4.79 Å². The van der Waals surface area contributed by atoms with E-state index >= 15 is 0 Å². The summed E-state index contributed by atoms with van der Waals surface area (Å²) in [6.07, 6.45) is 3.75. The van der Waals surface area contributed by atoms with Gasteiger partial charge < -0.3 is 0 Å². The third-order valence-corrected chi connectivity index (χ3v) is 4.59. The molecule has 5 heteroatoms. The molecule has 0 aliphatic rings. The van der Waals surface area contributed by atoms with Crippen LogP contribution in [0.2, 0.25) is 0 Å². The maximum absolute atomic E-state index is 12.5. The number of hydrogen-bond acceptors (Lipinski definition) is 4. The van der Waals surface area contributed by atoms with E-state index < -0.39 is 0 Å². The Labute approximate surface area is 137 Å². The molecule has 0 amide bonds. The topological polar surface area (TPSA) is 47.8 Å². The smallest absolute Gasteiger partial charge is 0.234 e. The number of rotatable bonds is 4. The quantitative estimate of drug-likeness (QED) is 0.536. The third-order valence-electron chi connectivity index (χ3n) is 3.68. The summed E-state index contributed by atoms with van der Waals surface area (Å²) in [6, 6.07) is 15.6. The zero-order valence-corrected chi connectivity index (χ0v) is 13.0. The number of benzene rings is 1. The van der Waals surface area contributed by atoms with E-state index in [4.69, 9.17) is 0 Å². The highest BCUT2D eigenvalue weighted by atomic mass is 32.1. The highest BCUT2D eigenvalue weighted by Gasteiger charge is 2.16. The molecule has 0 bridgehead atoms. The highest BCUT2D eigenvalue weighted by Crippen LogP contribution is 2.24. The van der Waals surface area contributed by atoms with Crippen molar-refractivity contribution in [3.63, 3.8) is 0 Å². The first kappa shape index (κ1) is 13.8. The summed E-state index contributed by atoms with van der Waals surface area (Å²) in [7, 11) is 0. The molecule has 112 valence electrons. The molecule has 4 nitrogen and oxygen atoms in total. The maximum Gasteiger partial charge on any atom is 0.234 e. The lowest BCUT2D eigenvalue weighted by Crippen LogP contribution is -2.09. The highest BCUT2D eigenvalue weighted by molar-refractivity contribution is 7.12. The Bertz CT molecular complexity index is 959. The van der Waals surface area contributed by atoms with Gasteiger partial charge in [0.25, 0.3) is 0 Å². The molecule has 1 aromatic carbocycles. The molecule has 0 aliphatic heterocycles. The third kappa shape index (κ3) is 2.55. The first-order valence-corrected chi connectivity index (χ1v) is 8.14. The first-order valence-electron chi connectivity index (χ1n) is 7.26. The van der Waals surface area contributed by atoms with E-state index in [0.717, 1.165) is 21.5 Å². The van der Waals surface area contributed by atoms with Gasteiger partial charge in [0.15, 0.2) is 5.78 Å². The lowest BCUT2D eigenvalue weighted by Gasteiger charge is -2.08. The number of carbonyl (C=O) groups is 1. The van der Waals surface area contributed by atoms with Crippen molar-refractivity contribution < 1.29 is 4.79 Å². The summed E-state index contributed by atoms with van der Waals surface area (Å²) in [5.74, 6) is 0.697. The number of carbonyl (C=O) groups excluding carboxylic acids is 1. The molecule has 0 fully saturated rings. The number of para-hydroxylation sites is 1. The number of ketones is 1. The summed E-state index contributed by atoms with van der Waals surface area (Å²) < 4.78 is 1.96. The fraction of sp³-hybridized carbons (Fsp3) is 0.0556. The van der Waals surface area contributed by atoms with Crippen LogP contribution in [0.1, 0.15) is 15.4 Å². The van der Waals surface area contributed by atoms with Crippen LogP contribution in [0.15, 0.2) is 66.3 Å². The molecular weight excluding hydrogens is 306 g/mol. The molecule has 0 aliphatic carbocycles. The Kier molecular flexibility index (Phi) is 3.48. The SMILES string of the molecule is O=C(Cc1cc2ccccc2n1-c1ncccn1)c1cccs1. The molecule has 0 N–H and O–H groups in total. The molecule has 3 heterocycles. The molecule has 4 aromatic rings. The average Bonchev–Trinajstić information content (AvgIpc) is 3.23. The van der Waals surface area contributed by atoms with Gasteiger partial charge >= 0.3 is 0 Å². The predicted octanol–water partition coefficient (Wildman–Crippen LogP) is 3.91. The van der Waals surface area contributed by atoms with Gasteiger partial charge in [-0.3, -0.25) is 9.36 Å². The average molecular weight is 319 g/mol. The van der Waals surface area contributed by atoms with Crippen LogP contribution in [-0.4, -0.2) is 20.3 Å². The van der Waals surface area contributed by atoms with Crippen LogP contribution in [0.5, 0.6) is 0 Å². The Morgan fingerprint density at radius 3 is 2.65 bits per heavy atom. The van der Waals surface area contributed by atoms with Crippen molar-refractivity contribution in [2.45, 2.75) is 6.42 Å². The second kappa shape index (κ2) is 5.78. The normalized spacial score (nSPS) is 11.0. The van der Waals surface area contributed by atoms with Crippen molar-refractivity contribution >= 4 is 28.0 Å². The summed E-state index contributed by atoms with van der Waals surface area (Å²) >= 11 is 1.47. The summed E-state index contributed by atoms with van der Waals surface area (Å²) in [4.78, 5) is 22.0. The fourth-order valence-electron chi connectivity index (χ4n) is 2.67. The molecule has 0 spiro atoms. The number of hydrogen-bond donors (Lipinski definition) is 0. The van der Waals surface area contributed by atoms with Gasteiger partial charge in [0.2, 0.25) is 5.95 Å². The van der Waals surface area contributed by atoms with Crippen molar-refractivity contribution in [3.05, 3.63) is 76.9 Å². The van der Waals surface area contributed by atoms with Gasteiger partial charge in [-0.05, 0) is 29.6 Å². The molecule has 0 saturated heterocycles. The van der Waals surface area contributed by atoms with E-state index in [1.807, 2.05) is 52.4 Å². The lowest BCUT2D eigenvalue weighted by atomic mass is 10.2. The standard InChI is InChI=1S/C18H13N3OS/c22-16(17-7-3-10-23-17)12-14-11-13-5-1-2-6-15(13)21(14)18-19-8-4-9-20-18/h1-11H,12H2. The van der Waals surface area contributed by atoms with Crippen LogP contribution < -0.4 is 0 Å². The van der Waals surface area contributed by atoms with Gasteiger partial charge in [-0.2, -0.15) is 0 Å². The van der Waals surface area contributed by atoms with Crippen molar-refractivity contribution in [1.29, 1.82) is 0 Å². The monoisotopic (exact) mass is 319 g/mol. The van der Waals surface area contributed by atoms with E-state index in [1.165, 1.54) is 11.3 Å². The minimum absolute atomic E-state index is 0.111. The Hall–Kier alpha value is -2.79. The van der Waals surface area contributed by atoms with Gasteiger partial charge in [0.1, 0.15) is 0 Å². The zero-order chi connectivity index (χ0) is 15.6. The number of thiophene rings is 1. The molecular formula is C18H13N3OS. The molecule has 0 radical (unpaired) electrons. The van der Waals surface area contributed by atoms with Crippen LogP contribution in [0.25, 0.3) is 16.9 Å². The summed E-state index contributed by atoms with van der Waals surface area (Å²) in [5.41, 5.74) is 1.91. The van der Waals surface area contributed by atoms with Crippen LogP contribution in [0.3, 0.4) is 0 Å². The molecule has 4 rings (SSSR count). The second-order valence-electron chi connectivity index (χ2n) is 5.16. The van der Waals surface area contributed by atoms with Gasteiger partial charge in [0, 0.05) is 23.5 Å². The fourth-order valence-corrected chi connectivity index (χ4v) is 3.34. The minimum atomic E-state index is 0.111. The van der Waals surface area contributed by atoms with Crippen molar-refractivity contribution in [1.82, 2.24) is 14.5 Å². The first-order chi connectivity index (χ1) is 11.3. The number of Topliss-reactive ketones (excluding diaryl/α,β-unsaturated/α-hetero) is 1. The minimum Gasteiger partial charge on any atom is -0.293 e. The van der Waals surface area contributed by atoms with E-state index in [-0.39, 0.29) is 5.78 Å². The van der Waals surface area contributed by atoms with Crippen molar-refractivity contribution in [2.24, 2.45) is 0 Å². The number of fused-ring (bicyclic) bond motifs is 1. The zero-order valence-electron chi connectivity index (χ0n) is 12.2. The van der Waals surface area contributed by atoms with E-state index in [2.05, 4.69) is 9.97 Å². The van der Waals surface area contributed by atoms with Gasteiger partial charge in [-0.25, -0.2) is 9.97 Å². The Morgan fingerprint density at radius 2 is 1.87 bits per heavy atom. The molecule has 0 saturated carbocycles. The van der Waals surface area contributed by atoms with Gasteiger partial charge in [-0.15, -0.1) is 11.3 Å². The Balaban J connectivity index is 1.84. The van der Waals surface area contributed by atoms with Crippen LogP contribution >= 0.6 is 11.3 Å². The van der Waals surface area contributed by atoms with Crippen LogP contribution in [0, 0.1) is 0 Å². The predicted molar refractivity (Wildman–Crippen MR) is 91.2 cm³/mol. The second-order valence-corrected chi connectivity index (χ2v) is 6.10. The summed E-state index contributed by atoms with van der Waals surface area (Å²) in [5, 5.41) is 3.00. The van der Waals surface area contributed by atoms with Crippen molar-refractivity contribution in [2.75, 3.05) is 0 Å². The van der Waals surface area contributed by atoms with E-state index in [0.29, 0.717) is 12.4 Å². The van der Waals surface area contributed by atoms with E-state index in [1.54, 1.807) is 18.5 Å². The molecule has 0 atom stereocenters. The van der Waals surface area contributed by atoms with Gasteiger partial charge in [-0.1, -0.05) is 24.3 Å². The molecule has 23 heavy (non-hydrogen) atoms.